The number of rotatable bonds is 13. The van der Waals surface area contributed by atoms with Gasteiger partial charge in [-0.2, -0.15) is 0 Å². The third-order valence-electron chi connectivity index (χ3n) is 6.05. The minimum Gasteiger partial charge on any atom is -0.481 e. The molecule has 0 atom stereocenters. The Bertz CT molecular complexity index is 626. The van der Waals surface area contributed by atoms with E-state index in [4.69, 9.17) is 5.11 Å². The summed E-state index contributed by atoms with van der Waals surface area (Å²) in [6.07, 6.45) is 10.4. The molecule has 150 valence electrons. The number of hydrogen-bond donors (Lipinski definition) is 2. The van der Waals surface area contributed by atoms with Crippen molar-refractivity contribution in [3.8, 4) is 0 Å². The van der Waals surface area contributed by atoms with Crippen molar-refractivity contribution in [2.75, 3.05) is 0 Å². The fourth-order valence-corrected chi connectivity index (χ4v) is 3.57. The number of hydrogen-bond acceptors (Lipinski definition) is 2. The van der Waals surface area contributed by atoms with Crippen LogP contribution in [0.3, 0.4) is 0 Å². The maximum Gasteiger partial charge on any atom is 0.309 e. The molecule has 0 radical (unpaired) electrons. The van der Waals surface area contributed by atoms with Gasteiger partial charge in [0.1, 0.15) is 0 Å². The second-order valence-electron chi connectivity index (χ2n) is 8.86. The average molecular weight is 375 g/mol. The van der Waals surface area contributed by atoms with Gasteiger partial charge in [0.15, 0.2) is 0 Å². The average Bonchev–Trinajstić information content (AvgIpc) is 3.41. The molecule has 1 saturated carbocycles. The van der Waals surface area contributed by atoms with E-state index in [0.717, 1.165) is 70.6 Å². The fraction of sp³-hybridized carbons (Fsp3) is 0.652. The van der Waals surface area contributed by atoms with E-state index >= 15 is 0 Å². The highest BCUT2D eigenvalue weighted by Crippen LogP contribution is 2.50. The number of carboxylic acid groups (broad SMARTS) is 2. The van der Waals surface area contributed by atoms with Gasteiger partial charge in [0.25, 0.3) is 0 Å². The largest absolute Gasteiger partial charge is 0.481 e. The molecule has 2 rings (SSSR count). The van der Waals surface area contributed by atoms with Crippen molar-refractivity contribution < 1.29 is 19.8 Å². The molecule has 0 aromatic heterocycles. The van der Waals surface area contributed by atoms with Crippen LogP contribution in [0.4, 0.5) is 0 Å². The van der Waals surface area contributed by atoms with Crippen molar-refractivity contribution in [3.63, 3.8) is 0 Å². The molecule has 4 nitrogen and oxygen atoms in total. The van der Waals surface area contributed by atoms with Gasteiger partial charge in [-0.15, -0.1) is 0 Å². The molecule has 0 bridgehead atoms. The quantitative estimate of drug-likeness (QED) is 0.448. The molecule has 1 aromatic carbocycles. The Kier molecular flexibility index (Phi) is 7.46. The molecule has 1 aromatic rings. The van der Waals surface area contributed by atoms with Crippen LogP contribution in [0.1, 0.15) is 82.8 Å². The first-order valence-electron chi connectivity index (χ1n) is 10.3. The van der Waals surface area contributed by atoms with Crippen LogP contribution in [0.15, 0.2) is 24.3 Å². The minimum atomic E-state index is -0.714. The summed E-state index contributed by atoms with van der Waals surface area (Å²) in [5.74, 6) is -1.33. The summed E-state index contributed by atoms with van der Waals surface area (Å²) in [6.45, 7) is 3.58. The van der Waals surface area contributed by atoms with Gasteiger partial charge in [0, 0.05) is 0 Å². The Morgan fingerprint density at radius 2 is 1.41 bits per heavy atom. The zero-order valence-corrected chi connectivity index (χ0v) is 16.8. The van der Waals surface area contributed by atoms with Crippen LogP contribution < -0.4 is 0 Å². The Hall–Kier alpha value is -1.84. The predicted octanol–water partition coefficient (Wildman–Crippen LogP) is 5.48. The molecule has 0 spiro atoms. The lowest BCUT2D eigenvalue weighted by atomic mass is 9.87. The number of unbranched alkanes of at least 4 members (excludes halogenated alkanes) is 3. The lowest BCUT2D eigenvalue weighted by Crippen LogP contribution is -2.23. The molecular formula is C23H34O4. The van der Waals surface area contributed by atoms with Crippen molar-refractivity contribution in [3.05, 3.63) is 35.4 Å². The summed E-state index contributed by atoms with van der Waals surface area (Å²) >= 11 is 0. The molecule has 0 heterocycles. The monoisotopic (exact) mass is 374 g/mol. The third-order valence-corrected chi connectivity index (χ3v) is 6.05. The molecule has 0 aliphatic heterocycles. The zero-order valence-electron chi connectivity index (χ0n) is 16.8. The molecule has 27 heavy (non-hydrogen) atoms. The number of aliphatic carboxylic acids is 2. The number of aryl methyl sites for hydroxylation is 2. The molecule has 1 aliphatic rings. The first-order chi connectivity index (χ1) is 12.8. The Balaban J connectivity index is 1.59. The molecule has 2 N–H and O–H groups in total. The topological polar surface area (TPSA) is 74.6 Å². The summed E-state index contributed by atoms with van der Waals surface area (Å²) < 4.78 is 0. The van der Waals surface area contributed by atoms with Gasteiger partial charge >= 0.3 is 11.9 Å². The SMILES string of the molecule is CC(C)(CCCCCc1ccc(CCCCC2(C(=O)O)CC2)cc1)C(=O)O. The van der Waals surface area contributed by atoms with Gasteiger partial charge < -0.3 is 10.2 Å². The number of carboxylic acids is 2. The lowest BCUT2D eigenvalue weighted by molar-refractivity contribution is -0.147. The van der Waals surface area contributed by atoms with E-state index in [9.17, 15) is 14.7 Å². The summed E-state index contributed by atoms with van der Waals surface area (Å²) in [4.78, 5) is 22.3. The predicted molar refractivity (Wildman–Crippen MR) is 107 cm³/mol. The summed E-state index contributed by atoms with van der Waals surface area (Å²) in [6, 6.07) is 8.76. The summed E-state index contributed by atoms with van der Waals surface area (Å²) in [5, 5.41) is 18.3. The van der Waals surface area contributed by atoms with E-state index in [1.807, 2.05) is 0 Å². The molecule has 1 aliphatic carbocycles. The van der Waals surface area contributed by atoms with E-state index in [2.05, 4.69) is 24.3 Å². The first kappa shape index (κ1) is 21.5. The number of carbonyl (C=O) groups is 2. The van der Waals surface area contributed by atoms with Gasteiger partial charge in [-0.1, -0.05) is 43.5 Å². The van der Waals surface area contributed by atoms with E-state index in [1.54, 1.807) is 13.8 Å². The second kappa shape index (κ2) is 9.38. The van der Waals surface area contributed by atoms with Crippen LogP contribution in [-0.4, -0.2) is 22.2 Å². The van der Waals surface area contributed by atoms with Crippen molar-refractivity contribution >= 4 is 11.9 Å². The van der Waals surface area contributed by atoms with Crippen LogP contribution in [-0.2, 0) is 22.4 Å². The van der Waals surface area contributed by atoms with Crippen LogP contribution in [0.5, 0.6) is 0 Å². The van der Waals surface area contributed by atoms with Crippen LogP contribution in [0.25, 0.3) is 0 Å². The third kappa shape index (κ3) is 6.67. The maximum atomic E-state index is 11.2. The van der Waals surface area contributed by atoms with Gasteiger partial charge in [0.05, 0.1) is 10.8 Å². The smallest absolute Gasteiger partial charge is 0.309 e. The molecular weight excluding hydrogens is 340 g/mol. The highest BCUT2D eigenvalue weighted by Gasteiger charge is 2.49. The standard InChI is InChI=1S/C23H34O4/c1-22(2,20(24)25)14-6-3-4-8-18-10-12-19(13-11-18)9-5-7-15-23(16-17-23)21(26)27/h10-13H,3-9,14-17H2,1-2H3,(H,24,25)(H,26,27). The van der Waals surface area contributed by atoms with E-state index < -0.39 is 17.4 Å². The first-order valence-corrected chi connectivity index (χ1v) is 10.3. The Morgan fingerprint density at radius 1 is 0.889 bits per heavy atom. The normalized spacial score (nSPS) is 15.5. The summed E-state index contributed by atoms with van der Waals surface area (Å²) in [5.41, 5.74) is 1.65. The highest BCUT2D eigenvalue weighted by molar-refractivity contribution is 5.77. The van der Waals surface area contributed by atoms with Gasteiger partial charge in [-0.05, 0) is 76.3 Å². The van der Waals surface area contributed by atoms with E-state index in [0.29, 0.717) is 0 Å². The zero-order chi connectivity index (χ0) is 19.9. The highest BCUT2D eigenvalue weighted by atomic mass is 16.4. The fourth-order valence-electron chi connectivity index (χ4n) is 3.57. The number of benzene rings is 1. The van der Waals surface area contributed by atoms with Crippen LogP contribution in [0, 0.1) is 10.8 Å². The van der Waals surface area contributed by atoms with Crippen molar-refractivity contribution in [1.82, 2.24) is 0 Å². The molecule has 1 fully saturated rings. The maximum absolute atomic E-state index is 11.2. The molecule has 4 heteroatoms. The van der Waals surface area contributed by atoms with Crippen molar-refractivity contribution in [1.29, 1.82) is 0 Å². The molecule has 0 saturated heterocycles. The van der Waals surface area contributed by atoms with E-state index in [1.165, 1.54) is 11.1 Å². The molecule has 0 unspecified atom stereocenters. The van der Waals surface area contributed by atoms with Gasteiger partial charge in [-0.25, -0.2) is 0 Å². The molecule has 0 amide bonds. The van der Waals surface area contributed by atoms with E-state index in [-0.39, 0.29) is 5.41 Å². The van der Waals surface area contributed by atoms with Gasteiger partial charge in [-0.3, -0.25) is 9.59 Å². The van der Waals surface area contributed by atoms with Gasteiger partial charge in [0.2, 0.25) is 0 Å². The minimum absolute atomic E-state index is 0.385. The lowest BCUT2D eigenvalue weighted by Gasteiger charge is -2.18. The van der Waals surface area contributed by atoms with Crippen LogP contribution >= 0.6 is 0 Å². The van der Waals surface area contributed by atoms with Crippen molar-refractivity contribution in [2.45, 2.75) is 84.5 Å². The Morgan fingerprint density at radius 3 is 1.85 bits per heavy atom. The van der Waals surface area contributed by atoms with Crippen molar-refractivity contribution in [2.24, 2.45) is 10.8 Å². The van der Waals surface area contributed by atoms with Crippen LogP contribution in [0.2, 0.25) is 0 Å². The summed E-state index contributed by atoms with van der Waals surface area (Å²) in [7, 11) is 0. The Labute approximate surface area is 163 Å². The second-order valence-corrected chi connectivity index (χ2v) is 8.86.